The van der Waals surface area contributed by atoms with Crippen LogP contribution in [-0.4, -0.2) is 58.8 Å². The van der Waals surface area contributed by atoms with Gasteiger partial charge >= 0.3 is 0 Å². The number of para-hydroxylation sites is 1. The van der Waals surface area contributed by atoms with E-state index in [-0.39, 0.29) is 24.2 Å². The molecule has 7 heteroatoms. The summed E-state index contributed by atoms with van der Waals surface area (Å²) in [7, 11) is 0. The second kappa shape index (κ2) is 7.52. The van der Waals surface area contributed by atoms with Gasteiger partial charge in [-0.05, 0) is 18.6 Å². The second-order valence-corrected chi connectivity index (χ2v) is 7.11. The molecule has 0 radical (unpaired) electrons. The first-order valence-electron chi connectivity index (χ1n) is 9.16. The number of aromatic nitrogens is 2. The standard InChI is InChI=1S/C20H23N3O4/c1-15-4-2-3-5-17(15)25-12-19(24)23-13-20(14-23)10-16(6-9-26-20)27-18-11-21-7-8-22-18/h2-5,7-8,11,16H,6,9-10,12-14H2,1H3. The predicted molar refractivity (Wildman–Crippen MR) is 97.6 cm³/mol. The molecule has 1 amide bonds. The quantitative estimate of drug-likeness (QED) is 0.803. The minimum atomic E-state index is -0.316. The predicted octanol–water partition coefficient (Wildman–Crippen LogP) is 2.00. The van der Waals surface area contributed by atoms with Gasteiger partial charge in [0.25, 0.3) is 5.91 Å². The average molecular weight is 369 g/mol. The van der Waals surface area contributed by atoms with Crippen LogP contribution in [0.1, 0.15) is 18.4 Å². The van der Waals surface area contributed by atoms with E-state index >= 15 is 0 Å². The van der Waals surface area contributed by atoms with Gasteiger partial charge in [0.05, 0.1) is 25.9 Å². The normalized spacial score (nSPS) is 20.8. The smallest absolute Gasteiger partial charge is 0.260 e. The van der Waals surface area contributed by atoms with Crippen molar-refractivity contribution in [1.29, 1.82) is 0 Å². The Morgan fingerprint density at radius 3 is 2.96 bits per heavy atom. The molecule has 0 bridgehead atoms. The van der Waals surface area contributed by atoms with Crippen molar-refractivity contribution >= 4 is 5.91 Å². The molecule has 27 heavy (non-hydrogen) atoms. The van der Waals surface area contributed by atoms with Gasteiger partial charge in [-0.15, -0.1) is 0 Å². The number of carbonyl (C=O) groups excluding carboxylic acids is 1. The highest BCUT2D eigenvalue weighted by atomic mass is 16.5. The number of carbonyl (C=O) groups is 1. The van der Waals surface area contributed by atoms with Gasteiger partial charge in [-0.3, -0.25) is 9.78 Å². The van der Waals surface area contributed by atoms with Crippen LogP contribution >= 0.6 is 0 Å². The third-order valence-corrected chi connectivity index (χ3v) is 5.03. The molecule has 2 aliphatic heterocycles. The number of rotatable bonds is 5. The molecule has 142 valence electrons. The lowest BCUT2D eigenvalue weighted by Crippen LogP contribution is -2.68. The van der Waals surface area contributed by atoms with Crippen molar-refractivity contribution in [3.63, 3.8) is 0 Å². The summed E-state index contributed by atoms with van der Waals surface area (Å²) in [6.07, 6.45) is 6.42. The molecule has 1 aromatic heterocycles. The average Bonchev–Trinajstić information content (AvgIpc) is 2.66. The van der Waals surface area contributed by atoms with Gasteiger partial charge in [-0.1, -0.05) is 18.2 Å². The zero-order chi connectivity index (χ0) is 18.7. The first kappa shape index (κ1) is 17.7. The van der Waals surface area contributed by atoms with E-state index in [0.717, 1.165) is 24.2 Å². The van der Waals surface area contributed by atoms with Gasteiger partial charge in [0.2, 0.25) is 5.88 Å². The molecule has 2 aromatic rings. The fourth-order valence-electron chi connectivity index (χ4n) is 3.60. The van der Waals surface area contributed by atoms with E-state index in [0.29, 0.717) is 25.6 Å². The van der Waals surface area contributed by atoms with Gasteiger partial charge in [-0.25, -0.2) is 4.98 Å². The third-order valence-electron chi connectivity index (χ3n) is 5.03. The molecule has 0 saturated carbocycles. The summed E-state index contributed by atoms with van der Waals surface area (Å²) in [4.78, 5) is 22.4. The molecule has 2 fully saturated rings. The van der Waals surface area contributed by atoms with E-state index in [1.165, 1.54) is 0 Å². The first-order valence-corrected chi connectivity index (χ1v) is 9.16. The third kappa shape index (κ3) is 4.03. The molecule has 3 heterocycles. The van der Waals surface area contributed by atoms with Crippen LogP contribution in [0.2, 0.25) is 0 Å². The number of ether oxygens (including phenoxy) is 3. The summed E-state index contributed by atoms with van der Waals surface area (Å²) in [5.74, 6) is 1.25. The van der Waals surface area contributed by atoms with E-state index in [2.05, 4.69) is 9.97 Å². The van der Waals surface area contributed by atoms with Crippen LogP contribution < -0.4 is 9.47 Å². The molecular formula is C20H23N3O4. The highest BCUT2D eigenvalue weighted by Crippen LogP contribution is 2.35. The number of nitrogens with zero attached hydrogens (tertiary/aromatic N) is 3. The summed E-state index contributed by atoms with van der Waals surface area (Å²) >= 11 is 0. The Hall–Kier alpha value is -2.67. The summed E-state index contributed by atoms with van der Waals surface area (Å²) in [6.45, 7) is 3.77. The van der Waals surface area contributed by atoms with Crippen LogP contribution in [0, 0.1) is 6.92 Å². The van der Waals surface area contributed by atoms with E-state index in [4.69, 9.17) is 14.2 Å². The lowest BCUT2D eigenvalue weighted by molar-refractivity contribution is -0.194. The summed E-state index contributed by atoms with van der Waals surface area (Å²) in [5, 5.41) is 0. The Morgan fingerprint density at radius 1 is 1.33 bits per heavy atom. The van der Waals surface area contributed by atoms with Gasteiger partial charge in [0.1, 0.15) is 17.5 Å². The fourth-order valence-corrected chi connectivity index (χ4v) is 3.60. The highest BCUT2D eigenvalue weighted by molar-refractivity contribution is 5.79. The van der Waals surface area contributed by atoms with Gasteiger partial charge in [-0.2, -0.15) is 0 Å². The summed E-state index contributed by atoms with van der Waals surface area (Å²) in [5.41, 5.74) is 0.702. The first-order chi connectivity index (χ1) is 13.1. The van der Waals surface area contributed by atoms with Crippen LogP contribution in [0.3, 0.4) is 0 Å². The van der Waals surface area contributed by atoms with Crippen molar-refractivity contribution in [3.8, 4) is 11.6 Å². The van der Waals surface area contributed by atoms with E-state index in [9.17, 15) is 4.79 Å². The molecule has 2 aliphatic rings. The van der Waals surface area contributed by atoms with Gasteiger partial charge in [0, 0.05) is 25.2 Å². The van der Waals surface area contributed by atoms with E-state index < -0.39 is 0 Å². The van der Waals surface area contributed by atoms with Crippen LogP contribution in [0.25, 0.3) is 0 Å². The van der Waals surface area contributed by atoms with E-state index in [1.807, 2.05) is 31.2 Å². The maximum absolute atomic E-state index is 12.4. The maximum Gasteiger partial charge on any atom is 0.260 e. The van der Waals surface area contributed by atoms with Crippen molar-refractivity contribution in [2.75, 3.05) is 26.3 Å². The maximum atomic E-state index is 12.4. The van der Waals surface area contributed by atoms with Crippen molar-refractivity contribution in [3.05, 3.63) is 48.4 Å². The molecule has 1 aromatic carbocycles. The van der Waals surface area contributed by atoms with Gasteiger partial charge in [0.15, 0.2) is 6.61 Å². The number of amides is 1. The number of hydrogen-bond donors (Lipinski definition) is 0. The zero-order valence-electron chi connectivity index (χ0n) is 15.3. The van der Waals surface area contributed by atoms with E-state index in [1.54, 1.807) is 23.5 Å². The summed E-state index contributed by atoms with van der Waals surface area (Å²) < 4.78 is 17.6. The van der Waals surface area contributed by atoms with Gasteiger partial charge < -0.3 is 19.1 Å². The van der Waals surface area contributed by atoms with Crippen molar-refractivity contribution < 1.29 is 19.0 Å². The van der Waals surface area contributed by atoms with Crippen molar-refractivity contribution in [2.45, 2.75) is 31.5 Å². The van der Waals surface area contributed by atoms with Crippen LogP contribution in [-0.2, 0) is 9.53 Å². The number of aryl methyl sites for hydroxylation is 1. The Balaban J connectivity index is 1.27. The van der Waals surface area contributed by atoms with Crippen LogP contribution in [0.4, 0.5) is 0 Å². The monoisotopic (exact) mass is 369 g/mol. The molecular weight excluding hydrogens is 346 g/mol. The summed E-state index contributed by atoms with van der Waals surface area (Å²) in [6, 6.07) is 7.69. The largest absolute Gasteiger partial charge is 0.484 e. The Labute approximate surface area is 158 Å². The number of likely N-dealkylation sites (tertiary alicyclic amines) is 1. The molecule has 2 saturated heterocycles. The molecule has 4 rings (SSSR count). The Morgan fingerprint density at radius 2 is 2.19 bits per heavy atom. The highest BCUT2D eigenvalue weighted by Gasteiger charge is 2.50. The topological polar surface area (TPSA) is 73.8 Å². The lowest BCUT2D eigenvalue weighted by atomic mass is 9.84. The number of benzene rings is 1. The number of hydrogen-bond acceptors (Lipinski definition) is 6. The minimum absolute atomic E-state index is 0.0237. The molecule has 0 N–H and O–H groups in total. The molecule has 1 unspecified atom stereocenters. The van der Waals surface area contributed by atoms with Crippen molar-refractivity contribution in [2.24, 2.45) is 0 Å². The molecule has 7 nitrogen and oxygen atoms in total. The fraction of sp³-hybridized carbons (Fsp3) is 0.450. The van der Waals surface area contributed by atoms with Crippen LogP contribution in [0.15, 0.2) is 42.9 Å². The molecule has 1 spiro atoms. The van der Waals surface area contributed by atoms with Crippen LogP contribution in [0.5, 0.6) is 11.6 Å². The Kier molecular flexibility index (Phi) is 4.94. The SMILES string of the molecule is Cc1ccccc1OCC(=O)N1CC2(CC(Oc3cnccn3)CCO2)C1. The molecule has 1 atom stereocenters. The second-order valence-electron chi connectivity index (χ2n) is 7.11. The van der Waals surface area contributed by atoms with Crippen molar-refractivity contribution in [1.82, 2.24) is 14.9 Å². The lowest BCUT2D eigenvalue weighted by Gasteiger charge is -2.52. The zero-order valence-corrected chi connectivity index (χ0v) is 15.3. The Bertz CT molecular complexity index is 793. The molecule has 0 aliphatic carbocycles. The minimum Gasteiger partial charge on any atom is -0.484 e.